The molecule has 1 aromatic heterocycles. The molecule has 0 radical (unpaired) electrons. The van der Waals surface area contributed by atoms with Gasteiger partial charge in [0.15, 0.2) is 0 Å². The number of nitrogens with one attached hydrogen (secondary N) is 1. The van der Waals surface area contributed by atoms with Gasteiger partial charge in [-0.05, 0) is 18.9 Å². The van der Waals surface area contributed by atoms with E-state index in [1.54, 1.807) is 0 Å². The Hall–Kier alpha value is -1.16. The van der Waals surface area contributed by atoms with Gasteiger partial charge in [-0.3, -0.25) is 9.78 Å². The van der Waals surface area contributed by atoms with Gasteiger partial charge in [-0.2, -0.15) is 0 Å². The van der Waals surface area contributed by atoms with Gasteiger partial charge >= 0.3 is 0 Å². The Morgan fingerprint density at radius 1 is 1.37 bits per heavy atom. The molecule has 0 aliphatic heterocycles. The van der Waals surface area contributed by atoms with Gasteiger partial charge in [0.25, 0.3) is 5.91 Å². The molecule has 0 spiro atoms. The summed E-state index contributed by atoms with van der Waals surface area (Å²) in [6.07, 6.45) is 8.08. The average molecular weight is 285 g/mol. The highest BCUT2D eigenvalue weighted by molar-refractivity contribution is 6.18. The van der Waals surface area contributed by atoms with E-state index in [4.69, 9.17) is 11.6 Å². The Labute approximate surface area is 117 Å². The Balaban J connectivity index is 1.95. The van der Waals surface area contributed by atoms with E-state index >= 15 is 0 Å². The minimum absolute atomic E-state index is 0.00375. The van der Waals surface area contributed by atoms with E-state index in [1.165, 1.54) is 18.7 Å². The number of rotatable bonds is 4. The van der Waals surface area contributed by atoms with Gasteiger partial charge in [0.1, 0.15) is 5.82 Å². The van der Waals surface area contributed by atoms with Crippen LogP contribution in [0.2, 0.25) is 0 Å². The molecule has 1 aliphatic carbocycles. The lowest BCUT2D eigenvalue weighted by atomic mass is 9.75. The summed E-state index contributed by atoms with van der Waals surface area (Å²) in [5.74, 6) is -0.242. The fraction of sp³-hybridized carbons (Fsp3) is 0.571. The lowest BCUT2D eigenvalue weighted by Crippen LogP contribution is -2.40. The minimum atomic E-state index is -0.502. The van der Waals surface area contributed by atoms with Crippen molar-refractivity contribution in [2.24, 2.45) is 5.41 Å². The number of amides is 1. The lowest BCUT2D eigenvalue weighted by molar-refractivity contribution is 0.0920. The smallest absolute Gasteiger partial charge is 0.252 e. The average Bonchev–Trinajstić information content (AvgIpc) is 2.46. The van der Waals surface area contributed by atoms with Crippen LogP contribution in [0.3, 0.4) is 0 Å². The third-order valence-corrected chi connectivity index (χ3v) is 4.36. The summed E-state index contributed by atoms with van der Waals surface area (Å²) in [6.45, 7) is 0.547. The van der Waals surface area contributed by atoms with Crippen LogP contribution in [0.5, 0.6) is 0 Å². The summed E-state index contributed by atoms with van der Waals surface area (Å²) in [5.41, 5.74) is 0.247. The Morgan fingerprint density at radius 3 is 2.74 bits per heavy atom. The first-order valence-corrected chi connectivity index (χ1v) is 7.13. The molecular weight excluding hydrogens is 267 g/mol. The molecule has 0 unspecified atom stereocenters. The molecular formula is C14H18ClFN2O. The zero-order chi connectivity index (χ0) is 13.7. The van der Waals surface area contributed by atoms with Gasteiger partial charge in [-0.25, -0.2) is 4.39 Å². The second-order valence-corrected chi connectivity index (χ2v) is 5.54. The van der Waals surface area contributed by atoms with E-state index in [9.17, 15) is 9.18 Å². The highest BCUT2D eigenvalue weighted by Gasteiger charge is 2.31. The molecule has 1 aliphatic rings. The molecule has 0 aromatic carbocycles. The summed E-state index contributed by atoms with van der Waals surface area (Å²) in [4.78, 5) is 15.6. The van der Waals surface area contributed by atoms with Crippen molar-refractivity contribution in [1.29, 1.82) is 0 Å². The number of nitrogens with zero attached hydrogens (tertiary/aromatic N) is 1. The molecule has 1 heterocycles. The molecule has 3 nitrogen and oxygen atoms in total. The van der Waals surface area contributed by atoms with E-state index in [0.29, 0.717) is 12.4 Å². The maximum Gasteiger partial charge on any atom is 0.252 e. The van der Waals surface area contributed by atoms with Crippen LogP contribution in [0.15, 0.2) is 18.5 Å². The van der Waals surface area contributed by atoms with Crippen LogP contribution >= 0.6 is 11.6 Å². The van der Waals surface area contributed by atoms with Crippen LogP contribution in [0, 0.1) is 11.2 Å². The van der Waals surface area contributed by atoms with Crippen LogP contribution in [0.1, 0.15) is 42.5 Å². The van der Waals surface area contributed by atoms with E-state index in [1.807, 2.05) is 0 Å². The van der Waals surface area contributed by atoms with Crippen LogP contribution in [-0.2, 0) is 0 Å². The summed E-state index contributed by atoms with van der Waals surface area (Å²) in [7, 11) is 0. The molecule has 0 bridgehead atoms. The van der Waals surface area contributed by atoms with Gasteiger partial charge in [-0.15, -0.1) is 11.6 Å². The number of alkyl halides is 1. The van der Waals surface area contributed by atoms with Crippen LogP contribution in [-0.4, -0.2) is 23.3 Å². The quantitative estimate of drug-likeness (QED) is 0.863. The first-order valence-electron chi connectivity index (χ1n) is 6.60. The van der Waals surface area contributed by atoms with Gasteiger partial charge < -0.3 is 5.32 Å². The highest BCUT2D eigenvalue weighted by Crippen LogP contribution is 2.36. The SMILES string of the molecule is O=C(NCC1(CCl)CCCCC1)c1cncc(F)c1. The van der Waals surface area contributed by atoms with Crippen LogP contribution in [0.25, 0.3) is 0 Å². The third-order valence-electron chi connectivity index (χ3n) is 3.79. The Bertz CT molecular complexity index is 447. The summed E-state index contributed by atoms with van der Waals surface area (Å²) < 4.78 is 13.0. The van der Waals surface area contributed by atoms with E-state index in [0.717, 1.165) is 31.9 Å². The highest BCUT2D eigenvalue weighted by atomic mass is 35.5. The maximum atomic E-state index is 13.0. The number of carbonyl (C=O) groups excluding carboxylic acids is 1. The fourth-order valence-corrected chi connectivity index (χ4v) is 2.93. The monoisotopic (exact) mass is 284 g/mol. The molecule has 5 heteroatoms. The van der Waals surface area contributed by atoms with Crippen LogP contribution < -0.4 is 5.32 Å². The molecule has 1 fully saturated rings. The molecule has 0 atom stereocenters. The molecule has 1 saturated carbocycles. The zero-order valence-electron chi connectivity index (χ0n) is 10.8. The third kappa shape index (κ3) is 3.66. The standard InChI is InChI=1S/C14H18ClFN2O/c15-9-14(4-2-1-3-5-14)10-18-13(19)11-6-12(16)8-17-7-11/h6-8H,1-5,9-10H2,(H,18,19). The van der Waals surface area contributed by atoms with Crippen molar-refractivity contribution in [2.75, 3.05) is 12.4 Å². The van der Waals surface area contributed by atoms with Crippen molar-refractivity contribution < 1.29 is 9.18 Å². The van der Waals surface area contributed by atoms with E-state index in [-0.39, 0.29) is 16.9 Å². The molecule has 0 saturated heterocycles. The van der Waals surface area contributed by atoms with Gasteiger partial charge in [0.2, 0.25) is 0 Å². The normalized spacial score (nSPS) is 18.0. The van der Waals surface area contributed by atoms with Crippen molar-refractivity contribution in [3.8, 4) is 0 Å². The first kappa shape index (κ1) is 14.3. The predicted octanol–water partition coefficient (Wildman–Crippen LogP) is 3.14. The predicted molar refractivity (Wildman–Crippen MR) is 72.8 cm³/mol. The first-order chi connectivity index (χ1) is 9.15. The number of hydrogen-bond acceptors (Lipinski definition) is 2. The second kappa shape index (κ2) is 6.33. The molecule has 1 N–H and O–H groups in total. The minimum Gasteiger partial charge on any atom is -0.351 e. The maximum absolute atomic E-state index is 13.0. The van der Waals surface area contributed by atoms with Gasteiger partial charge in [0.05, 0.1) is 11.8 Å². The molecule has 104 valence electrons. The number of carbonyl (C=O) groups is 1. The van der Waals surface area contributed by atoms with Gasteiger partial charge in [0, 0.05) is 24.0 Å². The summed E-state index contributed by atoms with van der Waals surface area (Å²) >= 11 is 6.07. The van der Waals surface area contributed by atoms with Crippen molar-refractivity contribution in [1.82, 2.24) is 10.3 Å². The van der Waals surface area contributed by atoms with Gasteiger partial charge in [-0.1, -0.05) is 19.3 Å². The largest absolute Gasteiger partial charge is 0.351 e. The Morgan fingerprint density at radius 2 is 2.11 bits per heavy atom. The second-order valence-electron chi connectivity index (χ2n) is 5.27. The number of aromatic nitrogens is 1. The summed E-state index contributed by atoms with van der Waals surface area (Å²) in [6, 6.07) is 1.19. The van der Waals surface area contributed by atoms with E-state index < -0.39 is 5.82 Å². The fourth-order valence-electron chi connectivity index (χ4n) is 2.57. The number of halogens is 2. The van der Waals surface area contributed by atoms with E-state index in [2.05, 4.69) is 10.3 Å². The van der Waals surface area contributed by atoms with Crippen molar-refractivity contribution in [3.05, 3.63) is 29.8 Å². The lowest BCUT2D eigenvalue weighted by Gasteiger charge is -2.35. The summed E-state index contributed by atoms with van der Waals surface area (Å²) in [5, 5.41) is 2.86. The molecule has 2 rings (SSSR count). The Kier molecular flexibility index (Phi) is 4.75. The zero-order valence-corrected chi connectivity index (χ0v) is 11.5. The van der Waals surface area contributed by atoms with Crippen molar-refractivity contribution in [2.45, 2.75) is 32.1 Å². The molecule has 19 heavy (non-hydrogen) atoms. The van der Waals surface area contributed by atoms with Crippen molar-refractivity contribution in [3.63, 3.8) is 0 Å². The van der Waals surface area contributed by atoms with Crippen molar-refractivity contribution >= 4 is 17.5 Å². The number of hydrogen-bond donors (Lipinski definition) is 1. The van der Waals surface area contributed by atoms with Crippen LogP contribution in [0.4, 0.5) is 4.39 Å². The molecule has 1 aromatic rings. The topological polar surface area (TPSA) is 42.0 Å². The molecule has 1 amide bonds. The number of pyridine rings is 1.